The molecule has 22 heavy (non-hydrogen) atoms. The molecule has 0 saturated carbocycles. The number of carbonyl (C=O) groups excluding carboxylic acids is 1. The number of hydrogen-bond acceptors (Lipinski definition) is 4. The monoisotopic (exact) mass is 306 g/mol. The quantitative estimate of drug-likeness (QED) is 0.865. The minimum absolute atomic E-state index is 0.0250. The number of esters is 1. The summed E-state index contributed by atoms with van der Waals surface area (Å²) < 4.78 is 4.68. The number of piperazine rings is 1. The normalized spacial score (nSPS) is 22.4. The van der Waals surface area contributed by atoms with Gasteiger partial charge in [0.25, 0.3) is 0 Å². The summed E-state index contributed by atoms with van der Waals surface area (Å²) in [7, 11) is 1.36. The molecular formula is C16H22N2O4. The number of amides is 1. The SMILES string of the molecule is COC(=O)c1ccc(CN2C[C@@H](C)N(C(=O)O)C[C@@H]2C)cc1. The third-order valence-electron chi connectivity index (χ3n) is 4.12. The number of hydrogen-bond donors (Lipinski definition) is 1. The predicted octanol–water partition coefficient (Wildman–Crippen LogP) is 2.05. The molecule has 1 saturated heterocycles. The van der Waals surface area contributed by atoms with Crippen LogP contribution in [0, 0.1) is 0 Å². The largest absolute Gasteiger partial charge is 0.465 e. The summed E-state index contributed by atoms with van der Waals surface area (Å²) in [6.45, 7) is 5.90. The van der Waals surface area contributed by atoms with E-state index in [2.05, 4.69) is 9.64 Å². The van der Waals surface area contributed by atoms with Crippen LogP contribution in [0.25, 0.3) is 0 Å². The summed E-state index contributed by atoms with van der Waals surface area (Å²) in [6.07, 6.45) is -0.860. The van der Waals surface area contributed by atoms with Crippen molar-refractivity contribution in [3.05, 3.63) is 35.4 Å². The smallest absolute Gasteiger partial charge is 0.407 e. The lowest BCUT2D eigenvalue weighted by Gasteiger charge is -2.42. The molecule has 2 rings (SSSR count). The van der Waals surface area contributed by atoms with Crippen molar-refractivity contribution in [3.63, 3.8) is 0 Å². The zero-order chi connectivity index (χ0) is 16.3. The van der Waals surface area contributed by atoms with Crippen LogP contribution in [0.15, 0.2) is 24.3 Å². The van der Waals surface area contributed by atoms with Crippen LogP contribution in [0.4, 0.5) is 4.79 Å². The molecule has 6 heteroatoms. The highest BCUT2D eigenvalue weighted by molar-refractivity contribution is 5.89. The highest BCUT2D eigenvalue weighted by Gasteiger charge is 2.31. The topological polar surface area (TPSA) is 70.1 Å². The van der Waals surface area contributed by atoms with Gasteiger partial charge >= 0.3 is 12.1 Å². The molecule has 1 amide bonds. The summed E-state index contributed by atoms with van der Waals surface area (Å²) in [5.74, 6) is -0.344. The number of carbonyl (C=O) groups is 2. The zero-order valence-corrected chi connectivity index (χ0v) is 13.2. The molecule has 1 aromatic rings. The van der Waals surface area contributed by atoms with Crippen molar-refractivity contribution in [2.24, 2.45) is 0 Å². The molecule has 1 aliphatic heterocycles. The Hall–Kier alpha value is -2.08. The van der Waals surface area contributed by atoms with Crippen molar-refractivity contribution in [2.45, 2.75) is 32.5 Å². The standard InChI is InChI=1S/C16H22N2O4/c1-11-9-18(16(20)21)12(2)8-17(11)10-13-4-6-14(7-5-13)15(19)22-3/h4-7,11-12H,8-10H2,1-3H3,(H,20,21)/t11-,12+/m0/s1. The molecule has 0 bridgehead atoms. The van der Waals surface area contributed by atoms with Crippen molar-refractivity contribution in [1.29, 1.82) is 0 Å². The van der Waals surface area contributed by atoms with Gasteiger partial charge in [-0.3, -0.25) is 4.90 Å². The fraction of sp³-hybridized carbons (Fsp3) is 0.500. The Morgan fingerprint density at radius 2 is 1.82 bits per heavy atom. The molecule has 0 spiro atoms. The van der Waals surface area contributed by atoms with Crippen LogP contribution in [0.3, 0.4) is 0 Å². The third-order valence-corrected chi connectivity index (χ3v) is 4.12. The average Bonchev–Trinajstić information content (AvgIpc) is 2.50. The second kappa shape index (κ2) is 6.79. The number of nitrogens with zero attached hydrogens (tertiary/aromatic N) is 2. The number of methoxy groups -OCH3 is 1. The molecule has 1 heterocycles. The Balaban J connectivity index is 2.02. The van der Waals surface area contributed by atoms with Crippen molar-refractivity contribution in [1.82, 2.24) is 9.80 Å². The number of carboxylic acid groups (broad SMARTS) is 1. The van der Waals surface area contributed by atoms with E-state index in [1.54, 1.807) is 12.1 Å². The first-order chi connectivity index (χ1) is 10.4. The molecule has 0 unspecified atom stereocenters. The molecule has 120 valence electrons. The molecule has 1 fully saturated rings. The molecule has 0 radical (unpaired) electrons. The number of ether oxygens (including phenoxy) is 1. The number of benzene rings is 1. The minimum Gasteiger partial charge on any atom is -0.465 e. The van der Waals surface area contributed by atoms with Gasteiger partial charge in [-0.05, 0) is 31.5 Å². The first-order valence-corrected chi connectivity index (χ1v) is 7.33. The zero-order valence-electron chi connectivity index (χ0n) is 13.2. The van der Waals surface area contributed by atoms with Crippen LogP contribution in [-0.2, 0) is 11.3 Å². The van der Waals surface area contributed by atoms with Gasteiger partial charge in [-0.2, -0.15) is 0 Å². The van der Waals surface area contributed by atoms with Gasteiger partial charge in [0.2, 0.25) is 0 Å². The Bertz CT molecular complexity index is 544. The Labute approximate surface area is 130 Å². The van der Waals surface area contributed by atoms with Crippen LogP contribution < -0.4 is 0 Å². The van der Waals surface area contributed by atoms with E-state index in [1.165, 1.54) is 12.0 Å². The van der Waals surface area contributed by atoms with Crippen LogP contribution >= 0.6 is 0 Å². The molecule has 1 aliphatic rings. The van der Waals surface area contributed by atoms with E-state index in [-0.39, 0.29) is 18.1 Å². The maximum absolute atomic E-state index is 11.4. The van der Waals surface area contributed by atoms with Gasteiger partial charge in [-0.1, -0.05) is 12.1 Å². The van der Waals surface area contributed by atoms with Crippen molar-refractivity contribution < 1.29 is 19.4 Å². The molecule has 1 aromatic carbocycles. The van der Waals surface area contributed by atoms with E-state index in [9.17, 15) is 14.7 Å². The van der Waals surface area contributed by atoms with Crippen LogP contribution in [0.2, 0.25) is 0 Å². The highest BCUT2D eigenvalue weighted by atomic mass is 16.5. The van der Waals surface area contributed by atoms with E-state index in [0.717, 1.165) is 12.1 Å². The van der Waals surface area contributed by atoms with Gasteiger partial charge < -0.3 is 14.7 Å². The van der Waals surface area contributed by atoms with E-state index < -0.39 is 6.09 Å². The summed E-state index contributed by atoms with van der Waals surface area (Å²) in [5.41, 5.74) is 1.62. The van der Waals surface area contributed by atoms with Crippen LogP contribution in [0.1, 0.15) is 29.8 Å². The van der Waals surface area contributed by atoms with E-state index >= 15 is 0 Å². The Morgan fingerprint density at radius 3 is 2.36 bits per heavy atom. The van der Waals surface area contributed by atoms with Crippen LogP contribution in [0.5, 0.6) is 0 Å². The fourth-order valence-electron chi connectivity index (χ4n) is 2.78. The third kappa shape index (κ3) is 3.57. The first-order valence-electron chi connectivity index (χ1n) is 7.33. The van der Waals surface area contributed by atoms with Crippen molar-refractivity contribution in [2.75, 3.05) is 20.2 Å². The molecule has 0 aromatic heterocycles. The van der Waals surface area contributed by atoms with Gasteiger partial charge in [-0.15, -0.1) is 0 Å². The summed E-state index contributed by atoms with van der Waals surface area (Å²) >= 11 is 0. The molecule has 1 N–H and O–H groups in total. The van der Waals surface area contributed by atoms with Gasteiger partial charge in [0, 0.05) is 31.7 Å². The second-order valence-corrected chi connectivity index (χ2v) is 5.75. The van der Waals surface area contributed by atoms with Gasteiger partial charge in [0.05, 0.1) is 12.7 Å². The van der Waals surface area contributed by atoms with E-state index in [1.807, 2.05) is 26.0 Å². The maximum atomic E-state index is 11.4. The molecule has 6 nitrogen and oxygen atoms in total. The lowest BCUT2D eigenvalue weighted by atomic mass is 10.1. The Kier molecular flexibility index (Phi) is 5.03. The summed E-state index contributed by atoms with van der Waals surface area (Å²) in [6, 6.07) is 7.46. The van der Waals surface area contributed by atoms with E-state index in [0.29, 0.717) is 18.7 Å². The lowest BCUT2D eigenvalue weighted by Crippen LogP contribution is -2.57. The summed E-state index contributed by atoms with van der Waals surface area (Å²) in [5, 5.41) is 9.17. The van der Waals surface area contributed by atoms with Crippen molar-refractivity contribution in [3.8, 4) is 0 Å². The fourth-order valence-corrected chi connectivity index (χ4v) is 2.78. The predicted molar refractivity (Wildman–Crippen MR) is 81.8 cm³/mol. The first kappa shape index (κ1) is 16.3. The van der Waals surface area contributed by atoms with Gasteiger partial charge in [0.15, 0.2) is 0 Å². The van der Waals surface area contributed by atoms with Crippen molar-refractivity contribution >= 4 is 12.1 Å². The van der Waals surface area contributed by atoms with Gasteiger partial charge in [-0.25, -0.2) is 9.59 Å². The van der Waals surface area contributed by atoms with Gasteiger partial charge in [0.1, 0.15) is 0 Å². The lowest BCUT2D eigenvalue weighted by molar-refractivity contribution is 0.0397. The molecule has 2 atom stereocenters. The highest BCUT2D eigenvalue weighted by Crippen LogP contribution is 2.18. The van der Waals surface area contributed by atoms with E-state index in [4.69, 9.17) is 0 Å². The second-order valence-electron chi connectivity index (χ2n) is 5.75. The minimum atomic E-state index is -0.860. The number of rotatable bonds is 3. The average molecular weight is 306 g/mol. The molecule has 0 aliphatic carbocycles. The summed E-state index contributed by atoms with van der Waals surface area (Å²) in [4.78, 5) is 26.3. The van der Waals surface area contributed by atoms with Crippen LogP contribution in [-0.4, -0.2) is 59.3 Å². The molecular weight excluding hydrogens is 284 g/mol. The Morgan fingerprint density at radius 1 is 1.18 bits per heavy atom. The maximum Gasteiger partial charge on any atom is 0.407 e.